The SMILES string of the molecule is O=C(c1ccccc1)c1ccc2c(c1)ncn2-c1ccccn1. The molecule has 4 rings (SSSR count). The first-order valence-corrected chi connectivity index (χ1v) is 7.31. The van der Waals surface area contributed by atoms with Crippen LogP contribution < -0.4 is 0 Å². The summed E-state index contributed by atoms with van der Waals surface area (Å²) < 4.78 is 1.91. The molecule has 2 aromatic heterocycles. The van der Waals surface area contributed by atoms with Crippen molar-refractivity contribution in [1.29, 1.82) is 0 Å². The third-order valence-corrected chi connectivity index (χ3v) is 3.74. The number of nitrogens with zero attached hydrogens (tertiary/aromatic N) is 3. The van der Waals surface area contributed by atoms with Gasteiger partial charge < -0.3 is 0 Å². The molecule has 0 spiro atoms. The lowest BCUT2D eigenvalue weighted by Crippen LogP contribution is -2.01. The highest BCUT2D eigenvalue weighted by atomic mass is 16.1. The van der Waals surface area contributed by atoms with Crippen LogP contribution in [0.2, 0.25) is 0 Å². The van der Waals surface area contributed by atoms with E-state index >= 15 is 0 Å². The highest BCUT2D eigenvalue weighted by Gasteiger charge is 2.12. The van der Waals surface area contributed by atoms with Gasteiger partial charge in [-0.25, -0.2) is 9.97 Å². The van der Waals surface area contributed by atoms with E-state index in [1.54, 1.807) is 12.5 Å². The molecule has 0 aliphatic carbocycles. The molecule has 0 N–H and O–H groups in total. The fraction of sp³-hybridized carbons (Fsp3) is 0. The number of hydrogen-bond acceptors (Lipinski definition) is 3. The van der Waals surface area contributed by atoms with E-state index in [1.807, 2.05) is 71.3 Å². The highest BCUT2D eigenvalue weighted by Crippen LogP contribution is 2.20. The second-order valence-corrected chi connectivity index (χ2v) is 5.20. The Bertz CT molecular complexity index is 975. The molecule has 4 nitrogen and oxygen atoms in total. The van der Waals surface area contributed by atoms with Crippen LogP contribution in [0.1, 0.15) is 15.9 Å². The molecule has 0 amide bonds. The van der Waals surface area contributed by atoms with Crippen LogP contribution in [0.4, 0.5) is 0 Å². The summed E-state index contributed by atoms with van der Waals surface area (Å²) >= 11 is 0. The molecule has 0 saturated heterocycles. The van der Waals surface area contributed by atoms with Crippen molar-refractivity contribution in [3.63, 3.8) is 0 Å². The van der Waals surface area contributed by atoms with Gasteiger partial charge in [-0.3, -0.25) is 9.36 Å². The lowest BCUT2D eigenvalue weighted by atomic mass is 10.0. The summed E-state index contributed by atoms with van der Waals surface area (Å²) in [5.74, 6) is 0.803. The van der Waals surface area contributed by atoms with Gasteiger partial charge in [-0.1, -0.05) is 36.4 Å². The van der Waals surface area contributed by atoms with E-state index in [0.717, 1.165) is 16.9 Å². The van der Waals surface area contributed by atoms with Crippen LogP contribution in [0.3, 0.4) is 0 Å². The molecule has 0 bridgehead atoms. The summed E-state index contributed by atoms with van der Waals surface area (Å²) in [5.41, 5.74) is 3.01. The Labute approximate surface area is 133 Å². The van der Waals surface area contributed by atoms with Gasteiger partial charge in [0.1, 0.15) is 12.1 Å². The molecular formula is C19H13N3O. The van der Waals surface area contributed by atoms with E-state index < -0.39 is 0 Å². The van der Waals surface area contributed by atoms with Crippen molar-refractivity contribution in [1.82, 2.24) is 14.5 Å². The lowest BCUT2D eigenvalue weighted by molar-refractivity contribution is 0.103. The summed E-state index contributed by atoms with van der Waals surface area (Å²) in [5, 5.41) is 0. The smallest absolute Gasteiger partial charge is 0.193 e. The first-order chi connectivity index (χ1) is 11.3. The first kappa shape index (κ1) is 13.4. The van der Waals surface area contributed by atoms with Crippen LogP contribution in [0.15, 0.2) is 79.3 Å². The number of imidazole rings is 1. The van der Waals surface area contributed by atoms with E-state index in [0.29, 0.717) is 11.1 Å². The summed E-state index contributed by atoms with van der Waals surface area (Å²) in [7, 11) is 0. The predicted octanol–water partition coefficient (Wildman–Crippen LogP) is 3.65. The minimum absolute atomic E-state index is 0.000105. The lowest BCUT2D eigenvalue weighted by Gasteiger charge is -2.04. The zero-order valence-corrected chi connectivity index (χ0v) is 12.3. The van der Waals surface area contributed by atoms with Gasteiger partial charge in [0.05, 0.1) is 11.0 Å². The van der Waals surface area contributed by atoms with Crippen LogP contribution in [0.5, 0.6) is 0 Å². The summed E-state index contributed by atoms with van der Waals surface area (Å²) in [6, 6.07) is 20.6. The number of rotatable bonds is 3. The zero-order valence-electron chi connectivity index (χ0n) is 12.3. The van der Waals surface area contributed by atoms with Crippen LogP contribution in [0.25, 0.3) is 16.9 Å². The highest BCUT2D eigenvalue weighted by molar-refractivity contribution is 6.10. The van der Waals surface area contributed by atoms with Gasteiger partial charge >= 0.3 is 0 Å². The number of ketones is 1. The number of aromatic nitrogens is 3. The van der Waals surface area contributed by atoms with Crippen LogP contribution in [0, 0.1) is 0 Å². The Morgan fingerprint density at radius 3 is 2.43 bits per heavy atom. The summed E-state index contributed by atoms with van der Waals surface area (Å²) in [6.45, 7) is 0. The molecule has 4 aromatic rings. The molecule has 0 aliphatic heterocycles. The van der Waals surface area contributed by atoms with Gasteiger partial charge in [0.25, 0.3) is 0 Å². The molecule has 2 heterocycles. The van der Waals surface area contributed by atoms with Crippen molar-refractivity contribution >= 4 is 16.8 Å². The number of carbonyl (C=O) groups is 1. The van der Waals surface area contributed by atoms with E-state index in [-0.39, 0.29) is 5.78 Å². The predicted molar refractivity (Wildman–Crippen MR) is 88.7 cm³/mol. The molecule has 0 radical (unpaired) electrons. The van der Waals surface area contributed by atoms with Crippen molar-refractivity contribution in [3.05, 3.63) is 90.4 Å². The standard InChI is InChI=1S/C19H13N3O/c23-19(14-6-2-1-3-7-14)15-9-10-17-16(12-15)21-13-22(17)18-8-4-5-11-20-18/h1-13H. The van der Waals surface area contributed by atoms with Gasteiger partial charge in [-0.2, -0.15) is 0 Å². The Kier molecular flexibility index (Phi) is 3.20. The molecule has 2 aromatic carbocycles. The van der Waals surface area contributed by atoms with E-state index in [2.05, 4.69) is 9.97 Å². The van der Waals surface area contributed by atoms with Crippen molar-refractivity contribution in [2.45, 2.75) is 0 Å². The van der Waals surface area contributed by atoms with Crippen molar-refractivity contribution in [3.8, 4) is 5.82 Å². The minimum Gasteiger partial charge on any atom is -0.289 e. The molecule has 0 atom stereocenters. The maximum Gasteiger partial charge on any atom is 0.193 e. The second-order valence-electron chi connectivity index (χ2n) is 5.20. The molecule has 0 unspecified atom stereocenters. The fourth-order valence-corrected chi connectivity index (χ4v) is 2.59. The fourth-order valence-electron chi connectivity index (χ4n) is 2.59. The van der Waals surface area contributed by atoms with E-state index in [1.165, 1.54) is 0 Å². The minimum atomic E-state index is -0.000105. The quantitative estimate of drug-likeness (QED) is 0.542. The number of hydrogen-bond donors (Lipinski definition) is 0. The molecule has 0 saturated carbocycles. The Hall–Kier alpha value is -3.27. The monoisotopic (exact) mass is 299 g/mol. The zero-order chi connectivity index (χ0) is 15.6. The number of pyridine rings is 1. The Morgan fingerprint density at radius 2 is 1.65 bits per heavy atom. The Morgan fingerprint density at radius 1 is 0.826 bits per heavy atom. The van der Waals surface area contributed by atoms with Crippen molar-refractivity contribution < 1.29 is 4.79 Å². The third kappa shape index (κ3) is 2.40. The average Bonchev–Trinajstić information content (AvgIpc) is 3.06. The molecule has 0 fully saturated rings. The van der Waals surface area contributed by atoms with Gasteiger partial charge in [-0.15, -0.1) is 0 Å². The maximum atomic E-state index is 12.5. The molecule has 0 aliphatic rings. The third-order valence-electron chi connectivity index (χ3n) is 3.74. The van der Waals surface area contributed by atoms with Crippen LogP contribution in [-0.2, 0) is 0 Å². The van der Waals surface area contributed by atoms with Gasteiger partial charge in [0.15, 0.2) is 5.78 Å². The molecule has 23 heavy (non-hydrogen) atoms. The number of fused-ring (bicyclic) bond motifs is 1. The second kappa shape index (κ2) is 5.50. The van der Waals surface area contributed by atoms with Crippen molar-refractivity contribution in [2.24, 2.45) is 0 Å². The first-order valence-electron chi connectivity index (χ1n) is 7.31. The Balaban J connectivity index is 1.77. The topological polar surface area (TPSA) is 47.8 Å². The van der Waals surface area contributed by atoms with Crippen LogP contribution >= 0.6 is 0 Å². The molecule has 4 heteroatoms. The van der Waals surface area contributed by atoms with Gasteiger partial charge in [0, 0.05) is 17.3 Å². The van der Waals surface area contributed by atoms with Gasteiger partial charge in [0.2, 0.25) is 0 Å². The van der Waals surface area contributed by atoms with E-state index in [4.69, 9.17) is 0 Å². The van der Waals surface area contributed by atoms with Gasteiger partial charge in [-0.05, 0) is 30.3 Å². The summed E-state index contributed by atoms with van der Waals surface area (Å²) in [6.07, 6.45) is 3.47. The average molecular weight is 299 g/mol. The maximum absolute atomic E-state index is 12.5. The molecular weight excluding hydrogens is 286 g/mol. The normalized spacial score (nSPS) is 10.8. The van der Waals surface area contributed by atoms with E-state index in [9.17, 15) is 4.79 Å². The number of carbonyl (C=O) groups excluding carboxylic acids is 1. The summed E-state index contributed by atoms with van der Waals surface area (Å²) in [4.78, 5) is 21.3. The van der Waals surface area contributed by atoms with Crippen molar-refractivity contribution in [2.75, 3.05) is 0 Å². The molecule has 110 valence electrons. The largest absolute Gasteiger partial charge is 0.289 e. The number of benzene rings is 2. The van der Waals surface area contributed by atoms with Crippen LogP contribution in [-0.4, -0.2) is 20.3 Å².